The summed E-state index contributed by atoms with van der Waals surface area (Å²) in [5.74, 6) is 0. The number of fused-ring (bicyclic) bond motifs is 1. The third-order valence-corrected chi connectivity index (χ3v) is 2.27. The minimum absolute atomic E-state index is 0.0271. The van der Waals surface area contributed by atoms with Crippen LogP contribution in [0.2, 0.25) is 0 Å². The van der Waals surface area contributed by atoms with Gasteiger partial charge in [-0.15, -0.1) is 0 Å². The first-order valence-electron chi connectivity index (χ1n) is 4.58. The van der Waals surface area contributed by atoms with E-state index >= 15 is 0 Å². The monoisotopic (exact) mass is 192 g/mol. The zero-order valence-electron chi connectivity index (χ0n) is 7.68. The van der Waals surface area contributed by atoms with E-state index in [1.807, 2.05) is 24.3 Å². The maximum absolute atomic E-state index is 9.69. The number of benzene rings is 1. The van der Waals surface area contributed by atoms with E-state index in [0.717, 1.165) is 16.5 Å². The lowest BCUT2D eigenvalue weighted by Crippen LogP contribution is -1.98. The molecule has 0 aliphatic rings. The van der Waals surface area contributed by atoms with Crippen LogP contribution in [0.5, 0.6) is 0 Å². The minimum Gasteiger partial charge on any atom is -0.464 e. The molecule has 0 saturated carbocycles. The highest BCUT2D eigenvalue weighted by Gasteiger charge is 2.13. The second-order valence-electron chi connectivity index (χ2n) is 3.22. The van der Waals surface area contributed by atoms with Crippen molar-refractivity contribution in [1.82, 2.24) is 0 Å². The van der Waals surface area contributed by atoms with Gasteiger partial charge in [-0.25, -0.2) is 0 Å². The third kappa shape index (κ3) is 1.52. The lowest BCUT2D eigenvalue weighted by molar-refractivity contribution is 0.135. The van der Waals surface area contributed by atoms with Crippen LogP contribution in [0.3, 0.4) is 0 Å². The molecule has 1 unspecified atom stereocenters. The molecule has 0 bridgehead atoms. The van der Waals surface area contributed by atoms with Crippen molar-refractivity contribution in [3.63, 3.8) is 0 Å². The van der Waals surface area contributed by atoms with Crippen LogP contribution in [0.25, 0.3) is 11.0 Å². The number of hydrogen-bond acceptors (Lipinski definition) is 3. The molecule has 0 radical (unpaired) electrons. The Labute approximate surface area is 81.6 Å². The van der Waals surface area contributed by atoms with E-state index in [1.165, 1.54) is 0 Å². The summed E-state index contributed by atoms with van der Waals surface area (Å²) >= 11 is 0. The zero-order chi connectivity index (χ0) is 9.97. The largest absolute Gasteiger partial charge is 0.464 e. The Morgan fingerprint density at radius 1 is 1.29 bits per heavy atom. The maximum atomic E-state index is 9.69. The molecular formula is C11H12O3. The molecule has 2 N–H and O–H groups in total. The van der Waals surface area contributed by atoms with Gasteiger partial charge in [0.05, 0.1) is 12.4 Å². The Morgan fingerprint density at radius 3 is 2.86 bits per heavy atom. The van der Waals surface area contributed by atoms with Gasteiger partial charge in [0, 0.05) is 24.0 Å². The number of hydrogen-bond donors (Lipinski definition) is 2. The van der Waals surface area contributed by atoms with Crippen LogP contribution < -0.4 is 0 Å². The molecule has 3 heteroatoms. The van der Waals surface area contributed by atoms with Gasteiger partial charge < -0.3 is 14.6 Å². The molecule has 1 atom stereocenters. The van der Waals surface area contributed by atoms with E-state index in [0.29, 0.717) is 6.42 Å². The quantitative estimate of drug-likeness (QED) is 0.780. The Morgan fingerprint density at radius 2 is 2.07 bits per heavy atom. The predicted molar refractivity (Wildman–Crippen MR) is 52.9 cm³/mol. The van der Waals surface area contributed by atoms with Crippen molar-refractivity contribution in [1.29, 1.82) is 0 Å². The van der Waals surface area contributed by atoms with Crippen LogP contribution in [-0.2, 0) is 0 Å². The molecule has 3 nitrogen and oxygen atoms in total. The molecule has 1 heterocycles. The fourth-order valence-electron chi connectivity index (χ4n) is 1.53. The molecule has 0 spiro atoms. The average Bonchev–Trinajstić information content (AvgIpc) is 2.61. The molecule has 0 fully saturated rings. The number of para-hydroxylation sites is 1. The topological polar surface area (TPSA) is 53.6 Å². The summed E-state index contributed by atoms with van der Waals surface area (Å²) in [5, 5.41) is 19.3. The highest BCUT2D eigenvalue weighted by molar-refractivity contribution is 5.81. The van der Waals surface area contributed by atoms with E-state index in [1.54, 1.807) is 6.26 Å². The summed E-state index contributed by atoms with van der Waals surface area (Å²) < 4.78 is 5.27. The van der Waals surface area contributed by atoms with Crippen LogP contribution in [0.4, 0.5) is 0 Å². The number of rotatable bonds is 3. The van der Waals surface area contributed by atoms with Gasteiger partial charge in [-0.3, -0.25) is 0 Å². The second-order valence-corrected chi connectivity index (χ2v) is 3.22. The average molecular weight is 192 g/mol. The highest BCUT2D eigenvalue weighted by Crippen LogP contribution is 2.27. The molecule has 2 rings (SSSR count). The minimum atomic E-state index is -0.649. The van der Waals surface area contributed by atoms with Gasteiger partial charge in [-0.2, -0.15) is 0 Å². The summed E-state index contributed by atoms with van der Waals surface area (Å²) in [4.78, 5) is 0. The van der Waals surface area contributed by atoms with Crippen LogP contribution in [0, 0.1) is 0 Å². The van der Waals surface area contributed by atoms with Gasteiger partial charge in [0.2, 0.25) is 0 Å². The molecule has 74 valence electrons. The fraction of sp³-hybridized carbons (Fsp3) is 0.273. The third-order valence-electron chi connectivity index (χ3n) is 2.27. The van der Waals surface area contributed by atoms with Crippen molar-refractivity contribution in [3.05, 3.63) is 36.1 Å². The van der Waals surface area contributed by atoms with Crippen LogP contribution >= 0.6 is 0 Å². The zero-order valence-corrected chi connectivity index (χ0v) is 7.68. The van der Waals surface area contributed by atoms with Crippen molar-refractivity contribution >= 4 is 11.0 Å². The SMILES string of the molecule is OCCC(O)c1coc2ccccc12. The maximum Gasteiger partial charge on any atom is 0.134 e. The van der Waals surface area contributed by atoms with Crippen LogP contribution in [0.1, 0.15) is 18.1 Å². The fourth-order valence-corrected chi connectivity index (χ4v) is 1.53. The molecule has 0 aliphatic heterocycles. The molecular weight excluding hydrogens is 180 g/mol. The van der Waals surface area contributed by atoms with Gasteiger partial charge in [-0.05, 0) is 6.07 Å². The summed E-state index contributed by atoms with van der Waals surface area (Å²) in [6.07, 6.45) is 1.23. The van der Waals surface area contributed by atoms with E-state index < -0.39 is 6.10 Å². The summed E-state index contributed by atoms with van der Waals surface area (Å²) in [5.41, 5.74) is 1.51. The Bertz CT molecular complexity index is 419. The number of aliphatic hydroxyl groups excluding tert-OH is 2. The Balaban J connectivity index is 2.42. The van der Waals surface area contributed by atoms with E-state index in [4.69, 9.17) is 9.52 Å². The van der Waals surface area contributed by atoms with Crippen molar-refractivity contribution in [2.75, 3.05) is 6.61 Å². The lowest BCUT2D eigenvalue weighted by Gasteiger charge is -2.05. The highest BCUT2D eigenvalue weighted by atomic mass is 16.3. The molecule has 1 aromatic carbocycles. The first-order valence-corrected chi connectivity index (χ1v) is 4.58. The van der Waals surface area contributed by atoms with Crippen molar-refractivity contribution < 1.29 is 14.6 Å². The Kier molecular flexibility index (Phi) is 2.52. The standard InChI is InChI=1S/C11H12O3/c12-6-5-10(13)9-7-14-11-4-2-1-3-8(9)11/h1-4,7,10,12-13H,5-6H2. The molecule has 0 aliphatic carbocycles. The predicted octanol–water partition coefficient (Wildman–Crippen LogP) is 1.85. The van der Waals surface area contributed by atoms with Crippen molar-refractivity contribution in [3.8, 4) is 0 Å². The first-order chi connectivity index (χ1) is 6.83. The molecule has 0 saturated heterocycles. The van der Waals surface area contributed by atoms with Crippen molar-refractivity contribution in [2.45, 2.75) is 12.5 Å². The second kappa shape index (κ2) is 3.82. The van der Waals surface area contributed by atoms with Crippen LogP contribution in [-0.4, -0.2) is 16.8 Å². The van der Waals surface area contributed by atoms with E-state index in [-0.39, 0.29) is 6.61 Å². The van der Waals surface area contributed by atoms with E-state index in [2.05, 4.69) is 0 Å². The van der Waals surface area contributed by atoms with Crippen LogP contribution in [0.15, 0.2) is 34.9 Å². The molecule has 0 amide bonds. The molecule has 14 heavy (non-hydrogen) atoms. The van der Waals surface area contributed by atoms with Gasteiger partial charge in [0.15, 0.2) is 0 Å². The van der Waals surface area contributed by atoms with E-state index in [9.17, 15) is 5.11 Å². The smallest absolute Gasteiger partial charge is 0.134 e. The molecule has 1 aromatic heterocycles. The number of furan rings is 1. The van der Waals surface area contributed by atoms with Gasteiger partial charge in [0.1, 0.15) is 5.58 Å². The normalized spacial score (nSPS) is 13.3. The summed E-state index contributed by atoms with van der Waals surface area (Å²) in [6, 6.07) is 7.53. The number of aliphatic hydroxyl groups is 2. The van der Waals surface area contributed by atoms with Gasteiger partial charge >= 0.3 is 0 Å². The first kappa shape index (κ1) is 9.24. The molecule has 2 aromatic rings. The lowest BCUT2D eigenvalue weighted by atomic mass is 10.1. The summed E-state index contributed by atoms with van der Waals surface area (Å²) in [7, 11) is 0. The van der Waals surface area contributed by atoms with Gasteiger partial charge in [0.25, 0.3) is 0 Å². The Hall–Kier alpha value is -1.32. The summed E-state index contributed by atoms with van der Waals surface area (Å²) in [6.45, 7) is -0.0271. The van der Waals surface area contributed by atoms with Crippen molar-refractivity contribution in [2.24, 2.45) is 0 Å². The van der Waals surface area contributed by atoms with Gasteiger partial charge in [-0.1, -0.05) is 18.2 Å².